The molecular formula is C44H52S3. The molecule has 0 fully saturated rings. The minimum Gasteiger partial charge on any atom is -0.135 e. The molecule has 1 atom stereocenters. The SMILES string of the molecule is C=C/C=c1/sc(C(/C=C\CC)=c2\sc(/C=C\C)c(C=C)c2=C)c(C2=CCC(C)=Cc3c2sc2c3C=CC(C)C=C2)/c1=C/C.CC.CC. The van der Waals surface area contributed by atoms with Crippen LogP contribution in [0.25, 0.3) is 60.3 Å². The van der Waals surface area contributed by atoms with Crippen LogP contribution in [-0.2, 0) is 0 Å². The molecule has 3 heteroatoms. The first-order valence-electron chi connectivity index (χ1n) is 17.0. The highest BCUT2D eigenvalue weighted by molar-refractivity contribution is 7.15. The molecule has 1 unspecified atom stereocenters. The summed E-state index contributed by atoms with van der Waals surface area (Å²) in [5, 5.41) is 2.31. The molecule has 0 radical (unpaired) electrons. The van der Waals surface area contributed by atoms with Crippen LogP contribution in [0.1, 0.15) is 117 Å². The van der Waals surface area contributed by atoms with Crippen molar-refractivity contribution in [1.82, 2.24) is 0 Å². The van der Waals surface area contributed by atoms with E-state index in [1.807, 2.05) is 62.5 Å². The van der Waals surface area contributed by atoms with Crippen molar-refractivity contribution in [2.45, 2.75) is 75.2 Å². The van der Waals surface area contributed by atoms with Crippen molar-refractivity contribution in [1.29, 1.82) is 0 Å². The molecule has 0 N–H and O–H groups in total. The van der Waals surface area contributed by atoms with E-state index in [0.717, 1.165) is 23.6 Å². The van der Waals surface area contributed by atoms with E-state index in [-0.39, 0.29) is 0 Å². The normalized spacial score (nSPS) is 16.7. The maximum atomic E-state index is 4.58. The van der Waals surface area contributed by atoms with Gasteiger partial charge in [0.15, 0.2) is 0 Å². The molecule has 0 saturated heterocycles. The lowest BCUT2D eigenvalue weighted by Crippen LogP contribution is -2.23. The van der Waals surface area contributed by atoms with Crippen molar-refractivity contribution in [2.24, 2.45) is 5.92 Å². The molecule has 2 aliphatic carbocycles. The summed E-state index contributed by atoms with van der Waals surface area (Å²) in [6.07, 6.45) is 33.2. The molecule has 0 amide bonds. The van der Waals surface area contributed by atoms with Crippen molar-refractivity contribution in [3.8, 4) is 0 Å². The van der Waals surface area contributed by atoms with Crippen molar-refractivity contribution < 1.29 is 0 Å². The highest BCUT2D eigenvalue weighted by Crippen LogP contribution is 2.44. The summed E-state index contributed by atoms with van der Waals surface area (Å²) in [6.45, 7) is 31.7. The first kappa shape index (κ1) is 38.0. The molecule has 5 rings (SSSR count). The van der Waals surface area contributed by atoms with Crippen LogP contribution in [-0.4, -0.2) is 0 Å². The lowest BCUT2D eigenvalue weighted by Gasteiger charge is -2.11. The molecule has 0 nitrogen and oxygen atoms in total. The van der Waals surface area contributed by atoms with Crippen molar-refractivity contribution in [3.63, 3.8) is 0 Å². The zero-order valence-electron chi connectivity index (χ0n) is 29.9. The van der Waals surface area contributed by atoms with Crippen LogP contribution in [0.2, 0.25) is 0 Å². The number of fused-ring (bicyclic) bond motifs is 3. The average Bonchev–Trinajstić information content (AvgIpc) is 3.62. The fourth-order valence-electron chi connectivity index (χ4n) is 5.68. The predicted molar refractivity (Wildman–Crippen MR) is 224 cm³/mol. The zero-order chi connectivity index (χ0) is 34.7. The third kappa shape index (κ3) is 7.97. The average molecular weight is 677 g/mol. The van der Waals surface area contributed by atoms with Crippen LogP contribution in [0.5, 0.6) is 0 Å². The van der Waals surface area contributed by atoms with E-state index in [9.17, 15) is 0 Å². The highest BCUT2D eigenvalue weighted by Gasteiger charge is 2.25. The Balaban J connectivity index is 0.00000144. The molecule has 47 heavy (non-hydrogen) atoms. The molecule has 2 aliphatic rings. The Morgan fingerprint density at radius 2 is 1.72 bits per heavy atom. The third-order valence-electron chi connectivity index (χ3n) is 7.80. The van der Waals surface area contributed by atoms with Crippen LogP contribution in [0.3, 0.4) is 0 Å². The largest absolute Gasteiger partial charge is 0.135 e. The fraction of sp³-hybridized carbons (Fsp3) is 0.273. The Kier molecular flexibility index (Phi) is 14.7. The first-order chi connectivity index (χ1) is 22.9. The Morgan fingerprint density at radius 1 is 1.00 bits per heavy atom. The van der Waals surface area contributed by atoms with Gasteiger partial charge in [0.25, 0.3) is 0 Å². The van der Waals surface area contributed by atoms with Crippen molar-refractivity contribution >= 4 is 94.3 Å². The summed E-state index contributed by atoms with van der Waals surface area (Å²) < 4.78 is 2.43. The van der Waals surface area contributed by atoms with Crippen molar-refractivity contribution in [3.05, 3.63) is 123 Å². The maximum Gasteiger partial charge on any atom is 0.0448 e. The van der Waals surface area contributed by atoms with Gasteiger partial charge in [-0.2, -0.15) is 0 Å². The molecule has 3 aromatic rings. The van der Waals surface area contributed by atoms with Gasteiger partial charge in [0.1, 0.15) is 0 Å². The van der Waals surface area contributed by atoms with Gasteiger partial charge in [-0.3, -0.25) is 0 Å². The van der Waals surface area contributed by atoms with Gasteiger partial charge in [0.2, 0.25) is 0 Å². The van der Waals surface area contributed by atoms with Gasteiger partial charge in [0.05, 0.1) is 0 Å². The molecule has 0 aliphatic heterocycles. The minimum absolute atomic E-state index is 0.431. The van der Waals surface area contributed by atoms with Crippen LogP contribution in [0.15, 0.2) is 61.3 Å². The fourth-order valence-corrected chi connectivity index (χ4v) is 9.55. The molecular weight excluding hydrogens is 625 g/mol. The number of thiophene rings is 3. The van der Waals surface area contributed by atoms with Gasteiger partial charge in [0, 0.05) is 50.8 Å². The Hall–Kier alpha value is -3.50. The van der Waals surface area contributed by atoms with E-state index < -0.39 is 0 Å². The molecule has 3 aromatic heterocycles. The second-order valence-corrected chi connectivity index (χ2v) is 14.1. The maximum absolute atomic E-state index is 4.58. The zero-order valence-corrected chi connectivity index (χ0v) is 32.4. The van der Waals surface area contributed by atoms with Crippen LogP contribution >= 0.6 is 34.0 Å². The number of allylic oxidation sites excluding steroid dienone is 8. The molecule has 0 saturated carbocycles. The molecule has 3 heterocycles. The summed E-state index contributed by atoms with van der Waals surface area (Å²) in [4.78, 5) is 5.15. The molecule has 0 aromatic carbocycles. The Bertz CT molecular complexity index is 2020. The molecule has 0 bridgehead atoms. The van der Waals surface area contributed by atoms with E-state index in [1.165, 1.54) is 67.2 Å². The highest BCUT2D eigenvalue weighted by atomic mass is 32.1. The minimum atomic E-state index is 0.431. The Labute approximate surface area is 296 Å². The molecule has 246 valence electrons. The van der Waals surface area contributed by atoms with E-state index in [4.69, 9.17) is 0 Å². The van der Waals surface area contributed by atoms with Gasteiger partial charge in [-0.25, -0.2) is 0 Å². The van der Waals surface area contributed by atoms with E-state index in [2.05, 4.69) is 127 Å². The molecule has 0 spiro atoms. The van der Waals surface area contributed by atoms with Crippen LogP contribution in [0, 0.1) is 5.92 Å². The van der Waals surface area contributed by atoms with E-state index in [0.29, 0.717) is 5.92 Å². The third-order valence-corrected chi connectivity index (χ3v) is 11.5. The quantitative estimate of drug-likeness (QED) is 0.234. The van der Waals surface area contributed by atoms with Gasteiger partial charge >= 0.3 is 0 Å². The first-order valence-corrected chi connectivity index (χ1v) is 19.4. The topological polar surface area (TPSA) is 0 Å². The lowest BCUT2D eigenvalue weighted by atomic mass is 9.95. The monoisotopic (exact) mass is 676 g/mol. The number of hydrogen-bond donors (Lipinski definition) is 0. The summed E-state index contributed by atoms with van der Waals surface area (Å²) >= 11 is 5.58. The van der Waals surface area contributed by atoms with E-state index >= 15 is 0 Å². The summed E-state index contributed by atoms with van der Waals surface area (Å²) in [5.41, 5.74) is 9.02. The predicted octanol–water partition coefficient (Wildman–Crippen LogP) is 11.9. The standard InChI is InChI=1S/C40H40S3.2C2H6/c1-9-14-17-32(38-27(8)28(12-4)34(41-38)15-10-2)40-37(29(13-5)35(43-40)16-11-3)31-22-19-26(7)24-33-30-21-18-25(6)20-23-36(30)42-39(31)33;2*1-2/h10-18,20-25H,3-4,8-9,19H2,1-2,5-7H3;2*1-2H3/b15-10-,17-14-,29-13+,35-16+,38-32-;;. The summed E-state index contributed by atoms with van der Waals surface area (Å²) in [5.74, 6) is 0.431. The number of rotatable bonds is 7. The van der Waals surface area contributed by atoms with Crippen LogP contribution < -0.4 is 19.5 Å². The lowest BCUT2D eigenvalue weighted by molar-refractivity contribution is 0.954. The number of hydrogen-bond acceptors (Lipinski definition) is 3. The van der Waals surface area contributed by atoms with Crippen LogP contribution in [0.4, 0.5) is 0 Å². The van der Waals surface area contributed by atoms with Gasteiger partial charge < -0.3 is 0 Å². The van der Waals surface area contributed by atoms with Gasteiger partial charge in [-0.05, 0) is 79.3 Å². The summed E-state index contributed by atoms with van der Waals surface area (Å²) in [7, 11) is 0. The smallest absolute Gasteiger partial charge is 0.0448 e. The van der Waals surface area contributed by atoms with E-state index in [1.54, 1.807) is 11.3 Å². The van der Waals surface area contributed by atoms with Gasteiger partial charge in [-0.1, -0.05) is 134 Å². The van der Waals surface area contributed by atoms with Gasteiger partial charge in [-0.15, -0.1) is 34.0 Å². The Morgan fingerprint density at radius 3 is 2.36 bits per heavy atom. The van der Waals surface area contributed by atoms with Crippen molar-refractivity contribution in [2.75, 3.05) is 0 Å². The second kappa shape index (κ2) is 18.2. The summed E-state index contributed by atoms with van der Waals surface area (Å²) in [6, 6.07) is 0. The second-order valence-electron chi connectivity index (χ2n) is 10.9.